The lowest BCUT2D eigenvalue weighted by molar-refractivity contribution is 0.160. The maximum atomic E-state index is 5.98. The molecule has 1 aliphatic rings. The van der Waals surface area contributed by atoms with Gasteiger partial charge in [0.05, 0.1) is 30.8 Å². The Hall–Kier alpha value is -3.20. The molecular formula is C20H25N7O2. The van der Waals surface area contributed by atoms with Crippen molar-refractivity contribution >= 4 is 11.6 Å². The monoisotopic (exact) mass is 395 g/mol. The molecule has 4 heterocycles. The quantitative estimate of drug-likeness (QED) is 0.656. The van der Waals surface area contributed by atoms with E-state index >= 15 is 0 Å². The highest BCUT2D eigenvalue weighted by atomic mass is 16.5. The Labute approximate surface area is 169 Å². The highest BCUT2D eigenvalue weighted by molar-refractivity contribution is 5.69. The number of hydrogen-bond donors (Lipinski definition) is 2. The molecule has 0 spiro atoms. The fourth-order valence-electron chi connectivity index (χ4n) is 3.28. The number of rotatable bonds is 6. The van der Waals surface area contributed by atoms with Gasteiger partial charge in [0, 0.05) is 25.4 Å². The van der Waals surface area contributed by atoms with Crippen molar-refractivity contribution in [3.63, 3.8) is 0 Å². The molecule has 0 aliphatic carbocycles. The number of methoxy groups -OCH3 is 1. The van der Waals surface area contributed by atoms with Gasteiger partial charge < -0.3 is 19.7 Å². The Morgan fingerprint density at radius 3 is 2.90 bits per heavy atom. The van der Waals surface area contributed by atoms with Crippen molar-refractivity contribution in [2.75, 3.05) is 32.1 Å². The molecule has 2 N–H and O–H groups in total. The number of aromatic amines is 1. The second-order valence-electron chi connectivity index (χ2n) is 7.01. The van der Waals surface area contributed by atoms with Crippen molar-refractivity contribution in [2.24, 2.45) is 0 Å². The fraction of sp³-hybridized carbons (Fsp3) is 0.400. The molecule has 0 amide bonds. The third kappa shape index (κ3) is 4.29. The van der Waals surface area contributed by atoms with E-state index in [9.17, 15) is 0 Å². The van der Waals surface area contributed by atoms with E-state index < -0.39 is 0 Å². The van der Waals surface area contributed by atoms with Crippen LogP contribution in [0.3, 0.4) is 0 Å². The zero-order valence-corrected chi connectivity index (χ0v) is 16.8. The van der Waals surface area contributed by atoms with E-state index in [-0.39, 0.29) is 6.10 Å². The Bertz CT molecular complexity index is 969. The molecule has 1 aliphatic heterocycles. The summed E-state index contributed by atoms with van der Waals surface area (Å²) >= 11 is 0. The van der Waals surface area contributed by atoms with Crippen LogP contribution >= 0.6 is 0 Å². The number of ether oxygens (including phenoxy) is 2. The molecule has 152 valence electrons. The van der Waals surface area contributed by atoms with Gasteiger partial charge >= 0.3 is 0 Å². The van der Waals surface area contributed by atoms with E-state index in [0.29, 0.717) is 17.6 Å². The van der Waals surface area contributed by atoms with E-state index in [0.717, 1.165) is 48.7 Å². The second kappa shape index (κ2) is 8.44. The number of aryl methyl sites for hydroxylation is 1. The van der Waals surface area contributed by atoms with Crippen molar-refractivity contribution < 1.29 is 9.47 Å². The number of nitrogens with zero attached hydrogens (tertiary/aromatic N) is 5. The molecule has 29 heavy (non-hydrogen) atoms. The first-order valence-corrected chi connectivity index (χ1v) is 9.64. The molecule has 3 aromatic rings. The van der Waals surface area contributed by atoms with Gasteiger partial charge in [0.15, 0.2) is 5.82 Å². The largest absolute Gasteiger partial charge is 0.480 e. The zero-order chi connectivity index (χ0) is 20.2. The molecule has 0 saturated carbocycles. The van der Waals surface area contributed by atoms with Crippen LogP contribution in [0.1, 0.15) is 18.5 Å². The molecule has 1 atom stereocenters. The maximum Gasteiger partial charge on any atom is 0.234 e. The Kier molecular flexibility index (Phi) is 5.57. The van der Waals surface area contributed by atoms with Gasteiger partial charge in [-0.3, -0.25) is 10.1 Å². The van der Waals surface area contributed by atoms with Gasteiger partial charge in [-0.25, -0.2) is 4.98 Å². The first-order valence-electron chi connectivity index (χ1n) is 9.64. The number of pyridine rings is 1. The maximum absolute atomic E-state index is 5.98. The molecule has 4 rings (SSSR count). The summed E-state index contributed by atoms with van der Waals surface area (Å²) < 4.78 is 11.4. The summed E-state index contributed by atoms with van der Waals surface area (Å²) in [6.07, 6.45) is 5.59. The van der Waals surface area contributed by atoms with Gasteiger partial charge in [0.2, 0.25) is 11.8 Å². The minimum absolute atomic E-state index is 0.124. The van der Waals surface area contributed by atoms with Gasteiger partial charge in [-0.2, -0.15) is 10.1 Å². The van der Waals surface area contributed by atoms with Gasteiger partial charge in [-0.1, -0.05) is 0 Å². The first kappa shape index (κ1) is 19.1. The van der Waals surface area contributed by atoms with Gasteiger partial charge in [-0.05, 0) is 38.4 Å². The van der Waals surface area contributed by atoms with Crippen LogP contribution in [-0.2, 0) is 0 Å². The van der Waals surface area contributed by atoms with Crippen molar-refractivity contribution in [1.82, 2.24) is 30.5 Å². The van der Waals surface area contributed by atoms with Gasteiger partial charge in [0.1, 0.15) is 11.9 Å². The molecule has 1 saturated heterocycles. The van der Waals surface area contributed by atoms with Crippen LogP contribution in [0.4, 0.5) is 11.6 Å². The summed E-state index contributed by atoms with van der Waals surface area (Å²) in [5.74, 6) is 2.50. The number of hydrogen-bond acceptors (Lipinski definition) is 8. The lowest BCUT2D eigenvalue weighted by Crippen LogP contribution is -2.37. The third-order valence-corrected chi connectivity index (χ3v) is 4.88. The zero-order valence-electron chi connectivity index (χ0n) is 16.8. The Morgan fingerprint density at radius 2 is 2.10 bits per heavy atom. The Balaban J connectivity index is 1.53. The van der Waals surface area contributed by atoms with Crippen LogP contribution in [0.25, 0.3) is 11.3 Å². The van der Waals surface area contributed by atoms with E-state index in [1.807, 2.05) is 37.1 Å². The van der Waals surface area contributed by atoms with E-state index in [1.165, 1.54) is 0 Å². The summed E-state index contributed by atoms with van der Waals surface area (Å²) in [5.41, 5.74) is 2.45. The minimum Gasteiger partial charge on any atom is -0.480 e. The smallest absolute Gasteiger partial charge is 0.234 e. The topological polar surface area (TPSA) is 101 Å². The molecule has 9 heteroatoms. The predicted molar refractivity (Wildman–Crippen MR) is 110 cm³/mol. The number of nitrogens with one attached hydrogen (secondary N) is 2. The van der Waals surface area contributed by atoms with Crippen LogP contribution < -0.4 is 19.7 Å². The lowest BCUT2D eigenvalue weighted by Gasteiger charge is -2.23. The number of piperidine rings is 1. The lowest BCUT2D eigenvalue weighted by atomic mass is 10.1. The predicted octanol–water partition coefficient (Wildman–Crippen LogP) is 2.48. The highest BCUT2D eigenvalue weighted by Gasteiger charge is 2.17. The van der Waals surface area contributed by atoms with E-state index in [1.54, 1.807) is 19.5 Å². The van der Waals surface area contributed by atoms with Crippen LogP contribution in [-0.4, -0.2) is 58.5 Å². The van der Waals surface area contributed by atoms with Crippen LogP contribution in [0.5, 0.6) is 11.8 Å². The molecule has 1 fully saturated rings. The van der Waals surface area contributed by atoms with E-state index in [2.05, 4.69) is 30.5 Å². The summed E-state index contributed by atoms with van der Waals surface area (Å²) in [5, 5.41) is 10.8. The van der Waals surface area contributed by atoms with Crippen LogP contribution in [0.15, 0.2) is 30.6 Å². The number of anilines is 2. The van der Waals surface area contributed by atoms with E-state index in [4.69, 9.17) is 9.47 Å². The molecule has 0 aromatic carbocycles. The van der Waals surface area contributed by atoms with Crippen LogP contribution in [0.2, 0.25) is 0 Å². The summed E-state index contributed by atoms with van der Waals surface area (Å²) in [6.45, 7) is 3.79. The minimum atomic E-state index is 0.124. The van der Waals surface area contributed by atoms with Crippen LogP contribution in [0, 0.1) is 6.92 Å². The average Bonchev–Trinajstić information content (AvgIpc) is 3.24. The summed E-state index contributed by atoms with van der Waals surface area (Å²) in [4.78, 5) is 15.2. The van der Waals surface area contributed by atoms with Gasteiger partial charge in [-0.15, -0.1) is 0 Å². The number of H-pyrrole nitrogens is 1. The fourth-order valence-corrected chi connectivity index (χ4v) is 3.28. The standard InChI is InChI=1S/C20H25N7O2/c1-13-6-7-15(20(23-13)28-3)16-9-17(26-25-16)27(2)18-11-22-12-19(24-18)29-14-5-4-8-21-10-14/h6-7,9,11-12,14,21H,4-5,8,10H2,1-3H3,(H,25,26)/t14-/m1/s1. The Morgan fingerprint density at radius 1 is 1.21 bits per heavy atom. The van der Waals surface area contributed by atoms with Crippen molar-refractivity contribution in [3.05, 3.63) is 36.3 Å². The highest BCUT2D eigenvalue weighted by Crippen LogP contribution is 2.30. The third-order valence-electron chi connectivity index (χ3n) is 4.88. The SMILES string of the molecule is COc1nc(C)ccc1-c1cc(N(C)c2cncc(O[C@@H]3CCCNC3)n2)[nH]n1. The average molecular weight is 395 g/mol. The normalized spacial score (nSPS) is 16.4. The van der Waals surface area contributed by atoms with Crippen molar-refractivity contribution in [2.45, 2.75) is 25.9 Å². The molecule has 0 radical (unpaired) electrons. The first-order chi connectivity index (χ1) is 14.1. The summed E-state index contributed by atoms with van der Waals surface area (Å²) in [6, 6.07) is 5.81. The van der Waals surface area contributed by atoms with Gasteiger partial charge in [0.25, 0.3) is 0 Å². The molecule has 0 bridgehead atoms. The summed E-state index contributed by atoms with van der Waals surface area (Å²) in [7, 11) is 3.51. The van der Waals surface area contributed by atoms with Crippen molar-refractivity contribution in [1.29, 1.82) is 0 Å². The molecule has 0 unspecified atom stereocenters. The molecule has 3 aromatic heterocycles. The second-order valence-corrected chi connectivity index (χ2v) is 7.01. The number of aromatic nitrogens is 5. The molecular weight excluding hydrogens is 370 g/mol. The molecule has 9 nitrogen and oxygen atoms in total. The van der Waals surface area contributed by atoms with Crippen molar-refractivity contribution in [3.8, 4) is 23.0 Å².